The molecule has 136 valence electrons. The summed E-state index contributed by atoms with van der Waals surface area (Å²) in [4.78, 5) is 27.4. The Morgan fingerprint density at radius 1 is 1.40 bits per heavy atom. The van der Waals surface area contributed by atoms with Crippen LogP contribution in [0.5, 0.6) is 0 Å². The number of allylic oxidation sites excluding steroid dienone is 1. The zero-order valence-corrected chi connectivity index (χ0v) is 14.5. The predicted molar refractivity (Wildman–Crippen MR) is 86.6 cm³/mol. The first-order valence-electron chi connectivity index (χ1n) is 8.71. The molecule has 4 aliphatic rings. The van der Waals surface area contributed by atoms with Gasteiger partial charge >= 0.3 is 11.9 Å². The Kier molecular flexibility index (Phi) is 3.79. The summed E-state index contributed by atoms with van der Waals surface area (Å²) in [5.74, 6) is -1.12. The molecular weight excluding hydrogens is 326 g/mol. The van der Waals surface area contributed by atoms with Crippen molar-refractivity contribution in [2.24, 2.45) is 0 Å². The third kappa shape index (κ3) is 2.53. The molecule has 7 nitrogen and oxygen atoms in total. The lowest BCUT2D eigenvalue weighted by Crippen LogP contribution is -2.52. The van der Waals surface area contributed by atoms with E-state index in [9.17, 15) is 14.7 Å². The topological polar surface area (TPSA) is 88.6 Å². The molecule has 25 heavy (non-hydrogen) atoms. The van der Waals surface area contributed by atoms with Gasteiger partial charge in [-0.15, -0.1) is 0 Å². The van der Waals surface area contributed by atoms with Crippen LogP contribution in [0.15, 0.2) is 23.3 Å². The molecule has 0 amide bonds. The zero-order chi connectivity index (χ0) is 17.8. The smallest absolute Gasteiger partial charge is 0.341 e. The van der Waals surface area contributed by atoms with Crippen LogP contribution in [0.2, 0.25) is 0 Å². The quantitative estimate of drug-likeness (QED) is 0.292. The number of carbonyl (C=O) groups excluding carboxylic acids is 2. The van der Waals surface area contributed by atoms with Gasteiger partial charge in [-0.05, 0) is 25.8 Å². The van der Waals surface area contributed by atoms with Crippen LogP contribution in [-0.2, 0) is 23.8 Å². The van der Waals surface area contributed by atoms with Gasteiger partial charge in [0.2, 0.25) is 0 Å². The van der Waals surface area contributed by atoms with E-state index in [0.29, 0.717) is 5.57 Å². The van der Waals surface area contributed by atoms with Gasteiger partial charge in [0.25, 0.3) is 0 Å². The molecule has 0 aliphatic carbocycles. The summed E-state index contributed by atoms with van der Waals surface area (Å²) in [5, 5.41) is 10.8. The average molecular weight is 349 g/mol. The number of nitrogens with zero attached hydrogens (tertiary/aromatic N) is 1. The van der Waals surface area contributed by atoms with Crippen LogP contribution >= 0.6 is 0 Å². The second-order valence-electron chi connectivity index (χ2n) is 7.37. The van der Waals surface area contributed by atoms with E-state index in [4.69, 9.17) is 14.2 Å². The van der Waals surface area contributed by atoms with Gasteiger partial charge in [-0.25, -0.2) is 9.59 Å². The molecule has 0 unspecified atom stereocenters. The SMILES string of the molecule is C/C=C1/C[C@]2(CO2)[C@@](C)(O)C(=O)OCC2=CCN3CC[C@@H](OC1=O)[C@@H]23. The summed E-state index contributed by atoms with van der Waals surface area (Å²) >= 11 is 0. The molecule has 4 aliphatic heterocycles. The maximum atomic E-state index is 12.7. The molecule has 4 heterocycles. The van der Waals surface area contributed by atoms with Crippen molar-refractivity contribution in [1.29, 1.82) is 0 Å². The van der Waals surface area contributed by atoms with Crippen molar-refractivity contribution in [1.82, 2.24) is 4.90 Å². The van der Waals surface area contributed by atoms with Crippen molar-refractivity contribution < 1.29 is 28.9 Å². The normalized spacial score (nSPS) is 43.2. The highest BCUT2D eigenvalue weighted by Gasteiger charge is 2.64. The van der Waals surface area contributed by atoms with Crippen LogP contribution in [0.4, 0.5) is 0 Å². The van der Waals surface area contributed by atoms with E-state index < -0.39 is 23.1 Å². The van der Waals surface area contributed by atoms with Crippen LogP contribution in [-0.4, -0.2) is 71.6 Å². The maximum Gasteiger partial charge on any atom is 0.341 e. The van der Waals surface area contributed by atoms with Gasteiger partial charge in [0.1, 0.15) is 18.3 Å². The molecule has 3 fully saturated rings. The zero-order valence-electron chi connectivity index (χ0n) is 14.5. The molecule has 7 heteroatoms. The van der Waals surface area contributed by atoms with Crippen LogP contribution in [0.25, 0.3) is 0 Å². The van der Waals surface area contributed by atoms with E-state index in [1.54, 1.807) is 13.0 Å². The molecule has 1 N–H and O–H groups in total. The number of aliphatic hydroxyl groups is 1. The van der Waals surface area contributed by atoms with Gasteiger partial charge in [-0.1, -0.05) is 12.2 Å². The van der Waals surface area contributed by atoms with Crippen LogP contribution < -0.4 is 0 Å². The second-order valence-corrected chi connectivity index (χ2v) is 7.37. The fraction of sp³-hybridized carbons (Fsp3) is 0.667. The van der Waals surface area contributed by atoms with Gasteiger partial charge in [-0.2, -0.15) is 0 Å². The summed E-state index contributed by atoms with van der Waals surface area (Å²) < 4.78 is 16.6. The average Bonchev–Trinajstić information content (AvgIpc) is 3.12. The molecule has 4 atom stereocenters. The van der Waals surface area contributed by atoms with E-state index in [1.165, 1.54) is 6.92 Å². The Balaban J connectivity index is 1.68. The number of hydrogen-bond acceptors (Lipinski definition) is 7. The largest absolute Gasteiger partial charge is 0.459 e. The fourth-order valence-electron chi connectivity index (χ4n) is 4.06. The molecule has 0 saturated carbocycles. The number of rotatable bonds is 0. The summed E-state index contributed by atoms with van der Waals surface area (Å²) in [7, 11) is 0. The standard InChI is InChI=1S/C18H23NO6/c1-3-11-8-18(10-24-18)17(2,22)16(21)23-9-12-4-6-19-7-5-13(14(12)19)25-15(11)20/h3-4,13-14,22H,5-10H2,1-2H3/b11-3-/t13-,14-,17+,18+/m1/s1. The van der Waals surface area contributed by atoms with Gasteiger partial charge in [0.05, 0.1) is 12.6 Å². The first-order chi connectivity index (χ1) is 11.9. The van der Waals surface area contributed by atoms with Gasteiger partial charge in [0.15, 0.2) is 5.60 Å². The predicted octanol–water partition coefficient (Wildman–Crippen LogP) is 0.326. The molecule has 4 rings (SSSR count). The number of ether oxygens (including phenoxy) is 3. The van der Waals surface area contributed by atoms with Gasteiger partial charge in [0, 0.05) is 25.1 Å². The Morgan fingerprint density at radius 2 is 2.16 bits per heavy atom. The molecule has 0 bridgehead atoms. The van der Waals surface area contributed by atoms with E-state index in [0.717, 1.165) is 25.1 Å². The third-order valence-corrected chi connectivity index (χ3v) is 5.91. The van der Waals surface area contributed by atoms with Crippen molar-refractivity contribution in [2.45, 2.75) is 50.0 Å². The van der Waals surface area contributed by atoms with Gasteiger partial charge < -0.3 is 19.3 Å². The molecular formula is C18H23NO6. The highest BCUT2D eigenvalue weighted by atomic mass is 16.6. The number of cyclic esters (lactones) is 1. The Hall–Kier alpha value is -1.70. The van der Waals surface area contributed by atoms with Crippen molar-refractivity contribution in [3.05, 3.63) is 23.3 Å². The van der Waals surface area contributed by atoms with E-state index in [-0.39, 0.29) is 31.8 Å². The molecule has 0 aromatic rings. The summed E-state index contributed by atoms with van der Waals surface area (Å²) in [6.07, 6.45) is 4.31. The lowest BCUT2D eigenvalue weighted by Gasteiger charge is -2.31. The van der Waals surface area contributed by atoms with E-state index in [1.807, 2.05) is 6.08 Å². The number of carbonyl (C=O) groups is 2. The highest BCUT2D eigenvalue weighted by molar-refractivity contribution is 5.90. The lowest BCUT2D eigenvalue weighted by molar-refractivity contribution is -0.171. The van der Waals surface area contributed by atoms with Crippen molar-refractivity contribution >= 4 is 11.9 Å². The highest BCUT2D eigenvalue weighted by Crippen LogP contribution is 2.45. The molecule has 0 aromatic heterocycles. The summed E-state index contributed by atoms with van der Waals surface area (Å²) in [6.45, 7) is 5.02. The molecule has 1 spiro atoms. The second kappa shape index (κ2) is 5.65. The summed E-state index contributed by atoms with van der Waals surface area (Å²) in [6, 6.07) is -0.0506. The van der Waals surface area contributed by atoms with E-state index >= 15 is 0 Å². The lowest BCUT2D eigenvalue weighted by atomic mass is 9.84. The van der Waals surface area contributed by atoms with Crippen molar-refractivity contribution in [3.8, 4) is 0 Å². The Labute approximate surface area is 146 Å². The fourth-order valence-corrected chi connectivity index (χ4v) is 4.06. The van der Waals surface area contributed by atoms with Crippen LogP contribution in [0, 0.1) is 0 Å². The minimum atomic E-state index is -1.82. The first-order valence-corrected chi connectivity index (χ1v) is 8.71. The molecule has 0 aromatic carbocycles. The van der Waals surface area contributed by atoms with Gasteiger partial charge in [-0.3, -0.25) is 4.90 Å². The Bertz CT molecular complexity index is 675. The first kappa shape index (κ1) is 16.8. The summed E-state index contributed by atoms with van der Waals surface area (Å²) in [5.41, 5.74) is -1.62. The number of epoxide rings is 1. The molecule has 0 radical (unpaired) electrons. The molecule has 3 saturated heterocycles. The number of hydrogen-bond donors (Lipinski definition) is 1. The Morgan fingerprint density at radius 3 is 2.84 bits per heavy atom. The monoisotopic (exact) mass is 349 g/mol. The van der Waals surface area contributed by atoms with Crippen LogP contribution in [0.3, 0.4) is 0 Å². The van der Waals surface area contributed by atoms with Crippen molar-refractivity contribution in [3.63, 3.8) is 0 Å². The number of esters is 2. The van der Waals surface area contributed by atoms with Crippen LogP contribution in [0.1, 0.15) is 26.7 Å². The third-order valence-electron chi connectivity index (χ3n) is 5.91. The minimum Gasteiger partial charge on any atom is -0.459 e. The van der Waals surface area contributed by atoms with E-state index in [2.05, 4.69) is 4.90 Å². The van der Waals surface area contributed by atoms with Crippen molar-refractivity contribution in [2.75, 3.05) is 26.3 Å². The maximum absolute atomic E-state index is 12.7. The minimum absolute atomic E-state index is 0.0506.